The number of para-hydroxylation sites is 1. The number of anilines is 1. The van der Waals surface area contributed by atoms with Crippen molar-refractivity contribution < 1.29 is 17.7 Å². The second-order valence-corrected chi connectivity index (χ2v) is 12.7. The van der Waals surface area contributed by atoms with Gasteiger partial charge in [-0.15, -0.1) is 0 Å². The van der Waals surface area contributed by atoms with E-state index in [-0.39, 0.29) is 11.3 Å². The molecule has 3 aromatic heterocycles. The number of pyridine rings is 1. The first kappa shape index (κ1) is 27.0. The largest absolute Gasteiger partial charge is 0.361 e. The molecule has 1 aliphatic rings. The zero-order chi connectivity index (χ0) is 28.4. The minimum absolute atomic E-state index is 0.0874. The molecule has 4 heterocycles. The van der Waals surface area contributed by atoms with Crippen LogP contribution < -0.4 is 4.90 Å². The molecule has 0 spiro atoms. The Bertz CT molecular complexity index is 1800. The van der Waals surface area contributed by atoms with E-state index in [1.807, 2.05) is 41.1 Å². The van der Waals surface area contributed by atoms with Crippen LogP contribution in [0.3, 0.4) is 0 Å². The van der Waals surface area contributed by atoms with E-state index in [1.54, 1.807) is 25.3 Å². The van der Waals surface area contributed by atoms with E-state index in [2.05, 4.69) is 34.3 Å². The third-order valence-electron chi connectivity index (χ3n) is 7.53. The number of piperidine rings is 1. The number of fused-ring (bicyclic) bond motifs is 1. The lowest BCUT2D eigenvalue weighted by Gasteiger charge is -2.27. The second-order valence-electron chi connectivity index (χ2n) is 10.7. The van der Waals surface area contributed by atoms with Crippen LogP contribution in [0.25, 0.3) is 22.0 Å². The Morgan fingerprint density at radius 2 is 1.78 bits per heavy atom. The predicted octanol–water partition coefficient (Wildman–Crippen LogP) is 5.62. The summed E-state index contributed by atoms with van der Waals surface area (Å²) in [7, 11) is -3.88. The van der Waals surface area contributed by atoms with Crippen molar-refractivity contribution in [1.29, 1.82) is 0 Å². The molecule has 0 saturated carbocycles. The molecule has 0 radical (unpaired) electrons. The molecule has 9 heteroatoms. The molecule has 2 aromatic carbocycles. The zero-order valence-corrected chi connectivity index (χ0v) is 23.8. The van der Waals surface area contributed by atoms with Crippen LogP contribution in [-0.2, 0) is 27.6 Å². The van der Waals surface area contributed by atoms with Gasteiger partial charge in [0.1, 0.15) is 17.3 Å². The van der Waals surface area contributed by atoms with Crippen molar-refractivity contribution in [2.24, 2.45) is 0 Å². The van der Waals surface area contributed by atoms with E-state index in [1.165, 1.54) is 19.3 Å². The number of Topliss-reactive ketones (excluding diaryl/α,β-unsaturated/α-hetero) is 1. The van der Waals surface area contributed by atoms with E-state index in [4.69, 9.17) is 9.51 Å². The van der Waals surface area contributed by atoms with Crippen LogP contribution in [0.4, 0.5) is 5.82 Å². The Hall–Kier alpha value is -4.24. The Morgan fingerprint density at radius 3 is 2.54 bits per heavy atom. The van der Waals surface area contributed by atoms with Gasteiger partial charge in [-0.1, -0.05) is 41.6 Å². The predicted molar refractivity (Wildman–Crippen MR) is 159 cm³/mol. The topological polar surface area (TPSA) is 98.3 Å². The number of nitrogens with zero attached hydrogens (tertiary/aromatic N) is 4. The van der Waals surface area contributed by atoms with Crippen LogP contribution >= 0.6 is 0 Å². The van der Waals surface area contributed by atoms with Gasteiger partial charge in [0.15, 0.2) is 15.6 Å². The third kappa shape index (κ3) is 5.95. The van der Waals surface area contributed by atoms with Crippen molar-refractivity contribution in [3.05, 3.63) is 96.1 Å². The molecule has 0 unspecified atom stereocenters. The first-order chi connectivity index (χ1) is 19.9. The number of hydrogen-bond donors (Lipinski definition) is 0. The van der Waals surface area contributed by atoms with Crippen LogP contribution in [0.1, 0.15) is 36.3 Å². The summed E-state index contributed by atoms with van der Waals surface area (Å²) in [4.78, 5) is 19.9. The van der Waals surface area contributed by atoms with Crippen molar-refractivity contribution in [2.75, 3.05) is 23.7 Å². The zero-order valence-electron chi connectivity index (χ0n) is 23.0. The maximum atomic E-state index is 13.4. The van der Waals surface area contributed by atoms with Gasteiger partial charge >= 0.3 is 0 Å². The van der Waals surface area contributed by atoms with E-state index in [9.17, 15) is 13.2 Å². The summed E-state index contributed by atoms with van der Waals surface area (Å²) in [6, 6.07) is 21.5. The van der Waals surface area contributed by atoms with Crippen LogP contribution in [0, 0.1) is 6.92 Å². The van der Waals surface area contributed by atoms with Gasteiger partial charge in [0.05, 0.1) is 17.0 Å². The second kappa shape index (κ2) is 11.3. The summed E-state index contributed by atoms with van der Waals surface area (Å²) >= 11 is 0. The average molecular weight is 569 g/mol. The van der Waals surface area contributed by atoms with E-state index < -0.39 is 21.4 Å². The van der Waals surface area contributed by atoms with Crippen molar-refractivity contribution in [3.63, 3.8) is 0 Å². The summed E-state index contributed by atoms with van der Waals surface area (Å²) in [5.41, 5.74) is 4.35. The normalized spacial score (nSPS) is 14.0. The number of carbonyl (C=O) groups is 1. The van der Waals surface area contributed by atoms with Crippen LogP contribution in [0.15, 0.2) is 88.5 Å². The minimum atomic E-state index is -3.88. The number of rotatable bonds is 9. The average Bonchev–Trinajstić information content (AvgIpc) is 3.57. The van der Waals surface area contributed by atoms with Crippen LogP contribution in [0.2, 0.25) is 0 Å². The molecule has 210 valence electrons. The Kier molecular flexibility index (Phi) is 7.45. The Labute approximate surface area is 239 Å². The number of aromatic nitrogens is 3. The maximum absolute atomic E-state index is 13.4. The van der Waals surface area contributed by atoms with E-state index >= 15 is 0 Å². The highest BCUT2D eigenvalue weighted by Crippen LogP contribution is 2.29. The van der Waals surface area contributed by atoms with Crippen molar-refractivity contribution in [1.82, 2.24) is 14.7 Å². The highest BCUT2D eigenvalue weighted by molar-refractivity contribution is 7.92. The molecule has 1 aliphatic heterocycles. The first-order valence-corrected chi connectivity index (χ1v) is 15.6. The van der Waals surface area contributed by atoms with Crippen LogP contribution in [0.5, 0.6) is 0 Å². The lowest BCUT2D eigenvalue weighted by atomic mass is 10.0. The maximum Gasteiger partial charge on any atom is 0.187 e. The third-order valence-corrected chi connectivity index (χ3v) is 9.23. The smallest absolute Gasteiger partial charge is 0.187 e. The molecule has 0 aliphatic carbocycles. The molecule has 6 rings (SSSR count). The first-order valence-electron chi connectivity index (χ1n) is 13.9. The minimum Gasteiger partial charge on any atom is -0.361 e. The monoisotopic (exact) mass is 568 g/mol. The quantitative estimate of drug-likeness (QED) is 0.227. The molecule has 0 N–H and O–H groups in total. The molecule has 5 aromatic rings. The van der Waals surface area contributed by atoms with Crippen molar-refractivity contribution >= 4 is 32.3 Å². The number of aryl methyl sites for hydroxylation is 1. The number of carbonyl (C=O) groups excluding carboxylic acids is 1. The van der Waals surface area contributed by atoms with Gasteiger partial charge in [0.2, 0.25) is 0 Å². The molecule has 0 bridgehead atoms. The van der Waals surface area contributed by atoms with Gasteiger partial charge in [0, 0.05) is 54.6 Å². The molecular formula is C32H32N4O4S. The van der Waals surface area contributed by atoms with Crippen molar-refractivity contribution in [3.8, 4) is 11.1 Å². The molecule has 8 nitrogen and oxygen atoms in total. The Balaban J connectivity index is 1.23. The SMILES string of the molecule is Cc1cc(CC(=O)CS(=O)(=O)c2cn(Cc3cccc(-c4ccc(N5CCCCC5)nc4)c3)c3ccccc23)no1. The highest BCUT2D eigenvalue weighted by Gasteiger charge is 2.25. The molecular weight excluding hydrogens is 536 g/mol. The number of benzene rings is 2. The fourth-order valence-corrected chi connectivity index (χ4v) is 7.03. The summed E-state index contributed by atoms with van der Waals surface area (Å²) < 4.78 is 33.8. The van der Waals surface area contributed by atoms with Gasteiger partial charge in [-0.3, -0.25) is 4.79 Å². The van der Waals surface area contributed by atoms with Gasteiger partial charge in [-0.25, -0.2) is 13.4 Å². The summed E-state index contributed by atoms with van der Waals surface area (Å²) in [5, 5.41) is 4.42. The van der Waals surface area contributed by atoms with Crippen molar-refractivity contribution in [2.45, 2.75) is 44.0 Å². The molecule has 0 atom stereocenters. The Morgan fingerprint density at radius 1 is 0.951 bits per heavy atom. The summed E-state index contributed by atoms with van der Waals surface area (Å²) in [6.45, 7) is 4.32. The van der Waals surface area contributed by atoms with Gasteiger partial charge in [-0.2, -0.15) is 0 Å². The fourth-order valence-electron chi connectivity index (χ4n) is 5.55. The lowest BCUT2D eigenvalue weighted by Crippen LogP contribution is -2.29. The van der Waals surface area contributed by atoms with Gasteiger partial charge < -0.3 is 14.0 Å². The number of hydrogen-bond acceptors (Lipinski definition) is 7. The number of sulfone groups is 1. The van der Waals surface area contributed by atoms with E-state index in [0.717, 1.165) is 41.1 Å². The summed E-state index contributed by atoms with van der Waals surface area (Å²) in [6.07, 6.45) is 7.19. The molecule has 0 amide bonds. The number of ketones is 1. The standard InChI is InChI=1S/C32H32N4O4S/c1-23-16-27(34-40-23)18-28(37)22-41(38,39)31-21-36(30-11-4-3-10-29(30)31)20-24-8-7-9-25(17-24)26-12-13-32(33-19-26)35-14-5-2-6-15-35/h3-4,7-13,16-17,19,21H,2,5-6,14-15,18,20,22H2,1H3. The fraction of sp³-hybridized carbons (Fsp3) is 0.281. The lowest BCUT2D eigenvalue weighted by molar-refractivity contribution is -0.116. The van der Waals surface area contributed by atoms with E-state index in [0.29, 0.717) is 23.4 Å². The van der Waals surface area contributed by atoms with Gasteiger partial charge in [-0.05, 0) is 61.6 Å². The van der Waals surface area contributed by atoms with Crippen LogP contribution in [-0.4, -0.2) is 47.8 Å². The molecule has 41 heavy (non-hydrogen) atoms. The highest BCUT2D eigenvalue weighted by atomic mass is 32.2. The van der Waals surface area contributed by atoms with Gasteiger partial charge in [0.25, 0.3) is 0 Å². The summed E-state index contributed by atoms with van der Waals surface area (Å²) in [5.74, 6) is 0.575. The molecule has 1 fully saturated rings. The molecule has 1 saturated heterocycles.